The van der Waals surface area contributed by atoms with Gasteiger partial charge >= 0.3 is 0 Å². The molecule has 1 aromatic rings. The molecule has 0 aromatic heterocycles. The topological polar surface area (TPSA) is 52.4 Å². The summed E-state index contributed by atoms with van der Waals surface area (Å²) in [6.45, 7) is 1.38. The Morgan fingerprint density at radius 1 is 1.56 bits per heavy atom. The van der Waals surface area contributed by atoms with Crippen LogP contribution in [0.25, 0.3) is 0 Å². The second-order valence-corrected chi connectivity index (χ2v) is 5.99. The molecule has 0 radical (unpaired) electrons. The first-order valence-electron chi connectivity index (χ1n) is 5.72. The van der Waals surface area contributed by atoms with Crippen LogP contribution in [0.4, 0.5) is 5.69 Å². The SMILES string of the molecule is O=[N+]([O-])c1cc(Cl)ccc1CC1COCCC1Br. The van der Waals surface area contributed by atoms with Gasteiger partial charge in [0.2, 0.25) is 0 Å². The molecule has 0 aliphatic carbocycles. The molecule has 1 aliphatic heterocycles. The van der Waals surface area contributed by atoms with Gasteiger partial charge in [0, 0.05) is 28.1 Å². The molecule has 2 unspecified atom stereocenters. The molecule has 2 atom stereocenters. The fourth-order valence-corrected chi connectivity index (χ4v) is 2.81. The van der Waals surface area contributed by atoms with Crippen molar-refractivity contribution in [1.82, 2.24) is 0 Å². The Labute approximate surface area is 119 Å². The van der Waals surface area contributed by atoms with Gasteiger partial charge in [-0.15, -0.1) is 0 Å². The molecule has 18 heavy (non-hydrogen) atoms. The van der Waals surface area contributed by atoms with Gasteiger partial charge in [-0.25, -0.2) is 0 Å². The van der Waals surface area contributed by atoms with Gasteiger partial charge in [-0.05, 0) is 24.8 Å². The first-order chi connectivity index (χ1) is 8.58. The van der Waals surface area contributed by atoms with Gasteiger partial charge in [-0.3, -0.25) is 10.1 Å². The number of rotatable bonds is 3. The van der Waals surface area contributed by atoms with E-state index in [0.29, 0.717) is 28.4 Å². The third kappa shape index (κ3) is 3.22. The number of nitrogens with zero attached hydrogens (tertiary/aromatic N) is 1. The third-order valence-corrected chi connectivity index (χ3v) is 4.55. The molecule has 1 aliphatic rings. The Balaban J connectivity index is 2.20. The van der Waals surface area contributed by atoms with E-state index < -0.39 is 0 Å². The summed E-state index contributed by atoms with van der Waals surface area (Å²) in [5.74, 6) is 0.263. The fourth-order valence-electron chi connectivity index (χ4n) is 2.12. The Bertz CT molecular complexity index is 455. The molecular weight excluding hydrogens is 321 g/mol. The van der Waals surface area contributed by atoms with Crippen molar-refractivity contribution in [3.63, 3.8) is 0 Å². The van der Waals surface area contributed by atoms with Crippen LogP contribution in [0.2, 0.25) is 5.02 Å². The minimum absolute atomic E-state index is 0.0905. The van der Waals surface area contributed by atoms with Crippen molar-refractivity contribution in [2.24, 2.45) is 5.92 Å². The highest BCUT2D eigenvalue weighted by molar-refractivity contribution is 9.09. The Morgan fingerprint density at radius 3 is 3.00 bits per heavy atom. The van der Waals surface area contributed by atoms with Crippen LogP contribution in [0.15, 0.2) is 18.2 Å². The van der Waals surface area contributed by atoms with Crippen molar-refractivity contribution < 1.29 is 9.66 Å². The van der Waals surface area contributed by atoms with Crippen LogP contribution in [0, 0.1) is 16.0 Å². The highest BCUT2D eigenvalue weighted by atomic mass is 79.9. The minimum atomic E-state index is -0.381. The van der Waals surface area contributed by atoms with E-state index in [1.165, 1.54) is 6.07 Å². The van der Waals surface area contributed by atoms with Gasteiger partial charge < -0.3 is 4.74 Å². The quantitative estimate of drug-likeness (QED) is 0.482. The summed E-state index contributed by atoms with van der Waals surface area (Å²) in [7, 11) is 0. The van der Waals surface area contributed by atoms with E-state index >= 15 is 0 Å². The van der Waals surface area contributed by atoms with Crippen LogP contribution >= 0.6 is 27.5 Å². The van der Waals surface area contributed by atoms with Gasteiger partial charge in [-0.2, -0.15) is 0 Å². The van der Waals surface area contributed by atoms with Gasteiger partial charge in [0.25, 0.3) is 5.69 Å². The molecule has 1 heterocycles. The molecule has 1 aromatic carbocycles. The molecule has 0 N–H and O–H groups in total. The largest absolute Gasteiger partial charge is 0.381 e. The molecule has 6 heteroatoms. The van der Waals surface area contributed by atoms with Crippen molar-refractivity contribution >= 4 is 33.2 Å². The van der Waals surface area contributed by atoms with Crippen LogP contribution in [0.3, 0.4) is 0 Å². The van der Waals surface area contributed by atoms with Crippen LogP contribution in [-0.4, -0.2) is 23.0 Å². The van der Waals surface area contributed by atoms with Gasteiger partial charge in [-0.1, -0.05) is 33.6 Å². The van der Waals surface area contributed by atoms with E-state index in [9.17, 15) is 10.1 Å². The molecule has 0 spiro atoms. The lowest BCUT2D eigenvalue weighted by atomic mass is 9.93. The molecule has 0 saturated carbocycles. The zero-order valence-electron chi connectivity index (χ0n) is 9.64. The smallest absolute Gasteiger partial charge is 0.274 e. The lowest BCUT2D eigenvalue weighted by Gasteiger charge is -2.27. The third-order valence-electron chi connectivity index (χ3n) is 3.11. The summed E-state index contributed by atoms with van der Waals surface area (Å²) in [6, 6.07) is 4.83. The molecule has 0 bridgehead atoms. The number of hydrogen-bond acceptors (Lipinski definition) is 3. The summed E-state index contributed by atoms with van der Waals surface area (Å²) in [5, 5.41) is 11.4. The lowest BCUT2D eigenvalue weighted by Crippen LogP contribution is -2.29. The summed E-state index contributed by atoms with van der Waals surface area (Å²) >= 11 is 9.41. The molecule has 1 saturated heterocycles. The van der Waals surface area contributed by atoms with Gasteiger partial charge in [0.05, 0.1) is 11.5 Å². The van der Waals surface area contributed by atoms with Crippen molar-refractivity contribution in [3.8, 4) is 0 Å². The Kier molecular flexibility index (Phi) is 4.59. The van der Waals surface area contributed by atoms with E-state index in [-0.39, 0.29) is 16.5 Å². The van der Waals surface area contributed by atoms with Crippen LogP contribution in [0.5, 0.6) is 0 Å². The van der Waals surface area contributed by atoms with E-state index in [4.69, 9.17) is 16.3 Å². The number of nitro groups is 1. The molecule has 0 amide bonds. The van der Waals surface area contributed by atoms with Crippen molar-refractivity contribution in [2.75, 3.05) is 13.2 Å². The number of ether oxygens (including phenoxy) is 1. The predicted molar refractivity (Wildman–Crippen MR) is 73.5 cm³/mol. The number of alkyl halides is 1. The fraction of sp³-hybridized carbons (Fsp3) is 0.500. The van der Waals surface area contributed by atoms with E-state index in [1.807, 2.05) is 0 Å². The van der Waals surface area contributed by atoms with Crippen molar-refractivity contribution in [2.45, 2.75) is 17.7 Å². The van der Waals surface area contributed by atoms with E-state index in [2.05, 4.69) is 15.9 Å². The van der Waals surface area contributed by atoms with Crippen LogP contribution in [-0.2, 0) is 11.2 Å². The standard InChI is InChI=1S/C12H13BrClNO3/c13-11-3-4-18-7-9(11)5-8-1-2-10(14)6-12(8)15(16)17/h1-2,6,9,11H,3-5,7H2. The molecule has 1 fully saturated rings. The predicted octanol–water partition coefficient (Wildman–Crippen LogP) is 3.59. The summed E-state index contributed by atoms with van der Waals surface area (Å²) in [5.41, 5.74) is 0.803. The van der Waals surface area contributed by atoms with Crippen molar-refractivity contribution in [1.29, 1.82) is 0 Å². The molecule has 2 rings (SSSR count). The van der Waals surface area contributed by atoms with Crippen molar-refractivity contribution in [3.05, 3.63) is 38.9 Å². The van der Waals surface area contributed by atoms with E-state index in [0.717, 1.165) is 13.0 Å². The average Bonchev–Trinajstić information content (AvgIpc) is 2.34. The molecular formula is C12H13BrClNO3. The number of halogens is 2. The maximum absolute atomic E-state index is 11.0. The zero-order valence-corrected chi connectivity index (χ0v) is 12.0. The summed E-state index contributed by atoms with van der Waals surface area (Å²) in [6.07, 6.45) is 1.56. The normalized spacial score (nSPS) is 23.9. The lowest BCUT2D eigenvalue weighted by molar-refractivity contribution is -0.385. The highest BCUT2D eigenvalue weighted by Gasteiger charge is 2.26. The second-order valence-electron chi connectivity index (χ2n) is 4.37. The summed E-state index contributed by atoms with van der Waals surface area (Å²) < 4.78 is 5.42. The number of benzene rings is 1. The Morgan fingerprint density at radius 2 is 2.33 bits per heavy atom. The Hall–Kier alpha value is -0.650. The first-order valence-corrected chi connectivity index (χ1v) is 7.02. The zero-order chi connectivity index (χ0) is 13.1. The average molecular weight is 335 g/mol. The summed E-state index contributed by atoms with van der Waals surface area (Å²) in [4.78, 5) is 11.0. The van der Waals surface area contributed by atoms with Crippen LogP contribution < -0.4 is 0 Å². The number of hydrogen-bond donors (Lipinski definition) is 0. The highest BCUT2D eigenvalue weighted by Crippen LogP contribution is 2.30. The van der Waals surface area contributed by atoms with Crippen LogP contribution in [0.1, 0.15) is 12.0 Å². The van der Waals surface area contributed by atoms with E-state index in [1.54, 1.807) is 12.1 Å². The van der Waals surface area contributed by atoms with Gasteiger partial charge in [0.15, 0.2) is 0 Å². The monoisotopic (exact) mass is 333 g/mol. The first kappa shape index (κ1) is 13.8. The molecule has 98 valence electrons. The number of nitro benzene ring substituents is 1. The molecule has 4 nitrogen and oxygen atoms in total. The second kappa shape index (κ2) is 5.99. The van der Waals surface area contributed by atoms with Gasteiger partial charge in [0.1, 0.15) is 0 Å². The minimum Gasteiger partial charge on any atom is -0.381 e. The maximum atomic E-state index is 11.0. The maximum Gasteiger partial charge on any atom is 0.274 e.